The van der Waals surface area contributed by atoms with Crippen molar-refractivity contribution in [1.82, 2.24) is 0 Å². The Labute approximate surface area is 226 Å². The molecule has 2 aliphatic rings. The molecule has 0 saturated carbocycles. The summed E-state index contributed by atoms with van der Waals surface area (Å²) in [6.07, 6.45) is 4.88. The number of halogens is 1. The van der Waals surface area contributed by atoms with Crippen molar-refractivity contribution in [3.8, 4) is 5.75 Å². The number of rotatable bonds is 3. The third-order valence-corrected chi connectivity index (χ3v) is 25.9. The summed E-state index contributed by atoms with van der Waals surface area (Å²) >= 11 is -3.15. The second-order valence-corrected chi connectivity index (χ2v) is 42.5. The van der Waals surface area contributed by atoms with Gasteiger partial charge in [0.15, 0.2) is 0 Å². The van der Waals surface area contributed by atoms with Crippen molar-refractivity contribution < 1.29 is 22.5 Å². The molecule has 190 valence electrons. The fourth-order valence-electron chi connectivity index (χ4n) is 6.78. The summed E-state index contributed by atoms with van der Waals surface area (Å²) in [4.78, 5) is 0. The van der Waals surface area contributed by atoms with Crippen LogP contribution in [0.5, 0.6) is 5.75 Å². The summed E-state index contributed by atoms with van der Waals surface area (Å²) in [5.74, 6) is 0.815. The van der Waals surface area contributed by atoms with Crippen LogP contribution in [0.4, 0.5) is 0 Å². The van der Waals surface area contributed by atoms with Crippen LogP contribution in [-0.4, -0.2) is 12.0 Å². The number of phenols is 1. The minimum absolute atomic E-state index is 0. The standard InChI is InChI=1S/C10H14O.2C10H9.2CH3.ClH.H2Si.Zr/c1-7(2)9-5-4-8(3)6-10(9)11;2*1-8-6-9-4-2-3-5-10(9)7-8;;;;;/h4-7,11H,1-3H3;2*2-7H,1H3;2*1H3;1H;1H2;. The molecule has 0 heterocycles. The molecule has 0 fully saturated rings. The van der Waals surface area contributed by atoms with Gasteiger partial charge >= 0.3 is 149 Å². The van der Waals surface area contributed by atoms with E-state index in [1.54, 1.807) is 28.3 Å². The van der Waals surface area contributed by atoms with Crippen molar-refractivity contribution in [3.63, 3.8) is 0 Å². The van der Waals surface area contributed by atoms with Crippen LogP contribution in [-0.2, 0) is 17.4 Å². The molecule has 36 heavy (non-hydrogen) atoms. The van der Waals surface area contributed by atoms with Crippen LogP contribution in [0.25, 0.3) is 12.2 Å². The number of hydrogen-bond donors (Lipinski definition) is 1. The Morgan fingerprint density at radius 1 is 0.750 bits per heavy atom. The molecule has 1 N–H and O–H groups in total. The van der Waals surface area contributed by atoms with Crippen LogP contribution in [0.1, 0.15) is 74.2 Å². The maximum Gasteiger partial charge on any atom is 0.119 e. The molecule has 5 rings (SSSR count). The Balaban J connectivity index is 0.000000256. The molecular weight excluding hydrogens is 555 g/mol. The number of hydrogen-bond acceptors (Lipinski definition) is 1. The minimum atomic E-state index is -3.15. The SMILES string of the molecule is CC1=Cc2ccccc2[CH]1[Zr]([CH3])([CH3])(=[SiH2])[CH]1C(C)=Cc2ccccc21.Cc1ccc(C(C)C)c(O)c1.Cl. The zero-order valence-electron chi connectivity index (χ0n) is 22.8. The van der Waals surface area contributed by atoms with Crippen LogP contribution in [0.15, 0.2) is 77.9 Å². The van der Waals surface area contributed by atoms with E-state index in [0.717, 1.165) is 11.1 Å². The Morgan fingerprint density at radius 3 is 1.61 bits per heavy atom. The maximum absolute atomic E-state index is 9.46. The van der Waals surface area contributed by atoms with Crippen LogP contribution < -0.4 is 0 Å². The van der Waals surface area contributed by atoms with Gasteiger partial charge in [-0.2, -0.15) is 0 Å². The van der Waals surface area contributed by atoms with Gasteiger partial charge < -0.3 is 5.11 Å². The molecule has 3 aromatic carbocycles. The summed E-state index contributed by atoms with van der Waals surface area (Å²) < 4.78 is 6.68. The average molecular weight is 596 g/mol. The number of fused-ring (bicyclic) bond motifs is 2. The molecule has 2 atom stereocenters. The molecule has 0 bridgehead atoms. The van der Waals surface area contributed by atoms with Gasteiger partial charge in [0.25, 0.3) is 0 Å². The molecule has 0 spiro atoms. The van der Waals surface area contributed by atoms with Crippen LogP contribution >= 0.6 is 12.4 Å². The first-order valence-corrected chi connectivity index (χ1v) is 26.5. The van der Waals surface area contributed by atoms with Gasteiger partial charge in [-0.05, 0) is 30.0 Å². The fraction of sp³-hybridized carbons (Fsp3) is 0.312. The van der Waals surface area contributed by atoms with E-state index in [-0.39, 0.29) is 12.4 Å². The van der Waals surface area contributed by atoms with Gasteiger partial charge in [0, 0.05) is 0 Å². The number of aryl methyl sites for hydroxylation is 1. The summed E-state index contributed by atoms with van der Waals surface area (Å²) in [6, 6.07) is 23.9. The fourth-order valence-corrected chi connectivity index (χ4v) is 28.1. The Hall–Kier alpha value is -1.67. The van der Waals surface area contributed by atoms with Crippen molar-refractivity contribution >= 4 is 31.4 Å². The smallest absolute Gasteiger partial charge is 0.119 e. The Bertz CT molecular complexity index is 1340. The van der Waals surface area contributed by atoms with E-state index in [0.29, 0.717) is 18.9 Å². The van der Waals surface area contributed by atoms with Gasteiger partial charge in [0.2, 0.25) is 0 Å². The molecule has 3 aromatic rings. The third-order valence-electron chi connectivity index (χ3n) is 8.00. The van der Waals surface area contributed by atoms with Gasteiger partial charge in [-0.15, -0.1) is 12.4 Å². The molecule has 2 aliphatic carbocycles. The quantitative estimate of drug-likeness (QED) is 0.300. The Morgan fingerprint density at radius 2 is 1.19 bits per heavy atom. The second kappa shape index (κ2) is 10.6. The first kappa shape index (κ1) is 28.9. The second-order valence-electron chi connectivity index (χ2n) is 12.1. The number of aromatic hydroxyl groups is 1. The first-order valence-electron chi connectivity index (χ1n) is 12.8. The summed E-state index contributed by atoms with van der Waals surface area (Å²) in [6.45, 7) is 13.3. The van der Waals surface area contributed by atoms with E-state index in [1.807, 2.05) is 19.1 Å². The molecule has 2 unspecified atom stereocenters. The van der Waals surface area contributed by atoms with E-state index in [4.69, 9.17) is 0 Å². The molecule has 0 amide bonds. The molecule has 0 aliphatic heterocycles. The topological polar surface area (TPSA) is 20.2 Å². The largest absolute Gasteiger partial charge is 0.508 e. The van der Waals surface area contributed by atoms with Crippen molar-refractivity contribution in [2.45, 2.75) is 57.1 Å². The van der Waals surface area contributed by atoms with Crippen molar-refractivity contribution in [3.05, 3.63) is 111 Å². The molecule has 1 nitrogen and oxygen atoms in total. The van der Waals surface area contributed by atoms with Crippen molar-refractivity contribution in [2.75, 3.05) is 0 Å². The van der Waals surface area contributed by atoms with E-state index in [9.17, 15) is 5.11 Å². The normalized spacial score (nSPS) is 18.4. The minimum Gasteiger partial charge on any atom is -0.508 e. The van der Waals surface area contributed by atoms with E-state index >= 15 is 0 Å². The Kier molecular flexibility index (Phi) is 8.51. The van der Waals surface area contributed by atoms with Crippen LogP contribution in [0, 0.1) is 6.92 Å². The van der Waals surface area contributed by atoms with E-state index in [1.165, 1.54) is 11.1 Å². The predicted octanol–water partition coefficient (Wildman–Crippen LogP) is 8.88. The summed E-state index contributed by atoms with van der Waals surface area (Å²) in [5, 5.41) is 9.46. The summed E-state index contributed by atoms with van der Waals surface area (Å²) in [7, 11) is 0. The molecule has 0 saturated heterocycles. The van der Waals surface area contributed by atoms with Crippen molar-refractivity contribution in [1.29, 1.82) is 0 Å². The zero-order valence-corrected chi connectivity index (χ0v) is 27.5. The van der Waals surface area contributed by atoms with Gasteiger partial charge in [0.05, 0.1) is 0 Å². The van der Waals surface area contributed by atoms with Gasteiger partial charge in [-0.25, -0.2) is 0 Å². The van der Waals surface area contributed by atoms with Crippen LogP contribution in [0.3, 0.4) is 0 Å². The molecule has 0 aromatic heterocycles. The van der Waals surface area contributed by atoms with E-state index < -0.39 is 17.4 Å². The third kappa shape index (κ3) is 5.31. The summed E-state index contributed by atoms with van der Waals surface area (Å²) in [5.41, 5.74) is 11.4. The number of benzene rings is 3. The zero-order chi connectivity index (χ0) is 25.6. The number of allylic oxidation sites excluding steroid dienone is 2. The van der Waals surface area contributed by atoms with E-state index in [2.05, 4.69) is 105 Å². The first-order chi connectivity index (χ1) is 16.4. The predicted molar refractivity (Wildman–Crippen MR) is 160 cm³/mol. The van der Waals surface area contributed by atoms with Gasteiger partial charge in [0.1, 0.15) is 5.75 Å². The van der Waals surface area contributed by atoms with Gasteiger partial charge in [-0.3, -0.25) is 0 Å². The molecule has 0 radical (unpaired) electrons. The number of phenolic OH excluding ortho intramolecular Hbond substituents is 1. The molecule has 4 heteroatoms. The average Bonchev–Trinajstić information content (AvgIpc) is 3.29. The van der Waals surface area contributed by atoms with Gasteiger partial charge in [-0.1, -0.05) is 26.0 Å². The molecular formula is C32H41ClOSiZr. The maximum atomic E-state index is 9.46. The van der Waals surface area contributed by atoms with Crippen molar-refractivity contribution in [2.24, 2.45) is 0 Å². The monoisotopic (exact) mass is 594 g/mol. The van der Waals surface area contributed by atoms with Crippen LogP contribution in [0.2, 0.25) is 9.26 Å².